The van der Waals surface area contributed by atoms with E-state index in [1.165, 1.54) is 20.1 Å². The number of alkyl halides is 2. The molecule has 1 saturated carbocycles. The molecule has 166 valence electrons. The molecule has 0 bridgehead atoms. The number of carbonyl (C=O) groups excluding carboxylic acids is 1. The van der Waals surface area contributed by atoms with Crippen molar-refractivity contribution in [3.8, 4) is 0 Å². The largest absolute Gasteiger partial charge is 0.469 e. The van der Waals surface area contributed by atoms with E-state index < -0.39 is 48.1 Å². The molecule has 0 aromatic heterocycles. The standard InChI is InChI=1S/C22H34F2O5/c1-4-5-12-22(2,24)18(26)11-10-14-15(25)13-17-20(14)21(23)16(29-17)8-6-7-9-19(27)28-3/h6,8,10-11,14-18,20-21,25-26H,4-5,7,9,12-13H2,1-3H3/b8-6+,11-10+/t14-,15+,16?,17-,18+,20+,21?,22?/m0/s1. The lowest BCUT2D eigenvalue weighted by Crippen LogP contribution is -2.34. The number of halogens is 2. The number of aliphatic hydroxyl groups excluding tert-OH is 2. The SMILES string of the molecule is CCCCC(C)(F)[C@H](O)/C=C/[C@@H]1[C@H]2C(F)C(/C=C/CCC(=O)OC)O[C@H]2C[C@H]1O. The molecule has 0 aromatic rings. The van der Waals surface area contributed by atoms with Crippen LogP contribution in [0.15, 0.2) is 24.3 Å². The van der Waals surface area contributed by atoms with Crippen molar-refractivity contribution in [2.24, 2.45) is 11.8 Å². The number of rotatable bonds is 10. The van der Waals surface area contributed by atoms with Crippen LogP contribution < -0.4 is 0 Å². The van der Waals surface area contributed by atoms with Gasteiger partial charge in [0, 0.05) is 24.7 Å². The van der Waals surface area contributed by atoms with E-state index in [1.54, 1.807) is 18.2 Å². The highest BCUT2D eigenvalue weighted by Gasteiger charge is 2.54. The third-order valence-corrected chi connectivity index (χ3v) is 6.03. The minimum Gasteiger partial charge on any atom is -0.469 e. The molecular formula is C22H34F2O5. The van der Waals surface area contributed by atoms with Gasteiger partial charge in [-0.3, -0.25) is 4.79 Å². The number of hydrogen-bond donors (Lipinski definition) is 2. The first-order valence-corrected chi connectivity index (χ1v) is 10.5. The molecule has 29 heavy (non-hydrogen) atoms. The second-order valence-corrected chi connectivity index (χ2v) is 8.30. The Kier molecular flexibility index (Phi) is 8.79. The minimum atomic E-state index is -1.76. The summed E-state index contributed by atoms with van der Waals surface area (Å²) >= 11 is 0. The Bertz CT molecular complexity index is 592. The third kappa shape index (κ3) is 6.09. The van der Waals surface area contributed by atoms with Crippen molar-refractivity contribution in [2.75, 3.05) is 7.11 Å². The predicted octanol–water partition coefficient (Wildman–Crippen LogP) is 3.43. The van der Waals surface area contributed by atoms with E-state index in [-0.39, 0.29) is 18.8 Å². The summed E-state index contributed by atoms with van der Waals surface area (Å²) in [4.78, 5) is 11.1. The summed E-state index contributed by atoms with van der Waals surface area (Å²) in [5.41, 5.74) is -1.76. The average Bonchev–Trinajstić information content (AvgIpc) is 3.16. The summed E-state index contributed by atoms with van der Waals surface area (Å²) < 4.78 is 39.9. The van der Waals surface area contributed by atoms with Crippen molar-refractivity contribution < 1.29 is 33.3 Å². The number of unbranched alkanes of at least 4 members (excludes halogenated alkanes) is 1. The highest BCUT2D eigenvalue weighted by molar-refractivity contribution is 5.69. The van der Waals surface area contributed by atoms with Gasteiger partial charge in [-0.2, -0.15) is 0 Å². The number of esters is 1. The van der Waals surface area contributed by atoms with Crippen LogP contribution >= 0.6 is 0 Å². The smallest absolute Gasteiger partial charge is 0.305 e. The van der Waals surface area contributed by atoms with Crippen LogP contribution in [-0.4, -0.2) is 59.5 Å². The van der Waals surface area contributed by atoms with Gasteiger partial charge in [-0.05, 0) is 19.8 Å². The maximum absolute atomic E-state index is 15.0. The Morgan fingerprint density at radius 2 is 2.14 bits per heavy atom. The van der Waals surface area contributed by atoms with E-state index in [9.17, 15) is 23.8 Å². The van der Waals surface area contributed by atoms with Gasteiger partial charge in [0.05, 0.1) is 19.3 Å². The summed E-state index contributed by atoms with van der Waals surface area (Å²) in [7, 11) is 1.32. The maximum Gasteiger partial charge on any atom is 0.305 e. The summed E-state index contributed by atoms with van der Waals surface area (Å²) in [5.74, 6) is -1.42. The van der Waals surface area contributed by atoms with E-state index in [0.717, 1.165) is 6.42 Å². The predicted molar refractivity (Wildman–Crippen MR) is 106 cm³/mol. The molecule has 3 unspecified atom stereocenters. The lowest BCUT2D eigenvalue weighted by molar-refractivity contribution is -0.140. The van der Waals surface area contributed by atoms with Crippen LogP contribution in [0, 0.1) is 11.8 Å². The number of aliphatic hydroxyl groups is 2. The first-order valence-electron chi connectivity index (χ1n) is 10.5. The molecule has 1 aliphatic carbocycles. The summed E-state index contributed by atoms with van der Waals surface area (Å²) in [6.45, 7) is 3.31. The van der Waals surface area contributed by atoms with E-state index >= 15 is 0 Å². The summed E-state index contributed by atoms with van der Waals surface area (Å²) in [6.07, 6.45) is 4.27. The number of hydrogen-bond acceptors (Lipinski definition) is 5. The van der Waals surface area contributed by atoms with E-state index in [0.29, 0.717) is 19.3 Å². The molecule has 2 fully saturated rings. The number of ether oxygens (including phenoxy) is 2. The molecule has 7 heteroatoms. The monoisotopic (exact) mass is 416 g/mol. The Hall–Kier alpha value is -1.31. The lowest BCUT2D eigenvalue weighted by Gasteiger charge is -2.25. The quantitative estimate of drug-likeness (QED) is 0.422. The first kappa shape index (κ1) is 24.0. The normalized spacial score (nSPS) is 35.1. The number of fused-ring (bicyclic) bond motifs is 1. The van der Waals surface area contributed by atoms with Crippen molar-refractivity contribution >= 4 is 5.97 Å². The zero-order chi connectivity index (χ0) is 21.6. The van der Waals surface area contributed by atoms with Crippen molar-refractivity contribution in [1.82, 2.24) is 0 Å². The van der Waals surface area contributed by atoms with Gasteiger partial charge in [0.25, 0.3) is 0 Å². The number of methoxy groups -OCH3 is 1. The molecule has 2 N–H and O–H groups in total. The zero-order valence-corrected chi connectivity index (χ0v) is 17.5. The molecule has 0 radical (unpaired) electrons. The fourth-order valence-electron chi connectivity index (χ4n) is 4.16. The van der Waals surface area contributed by atoms with Crippen molar-refractivity contribution in [2.45, 2.75) is 88.6 Å². The minimum absolute atomic E-state index is 0.214. The lowest BCUT2D eigenvalue weighted by atomic mass is 9.87. The van der Waals surface area contributed by atoms with Crippen LogP contribution in [0.3, 0.4) is 0 Å². The summed E-state index contributed by atoms with van der Waals surface area (Å²) in [5, 5.41) is 20.5. The second kappa shape index (κ2) is 10.6. The molecule has 1 saturated heterocycles. The van der Waals surface area contributed by atoms with E-state index in [4.69, 9.17) is 4.74 Å². The van der Waals surface area contributed by atoms with Gasteiger partial charge >= 0.3 is 5.97 Å². The Labute approximate surface area is 171 Å². The van der Waals surface area contributed by atoms with Gasteiger partial charge in [0.15, 0.2) is 0 Å². The molecule has 2 rings (SSSR count). The van der Waals surface area contributed by atoms with Crippen LogP contribution in [-0.2, 0) is 14.3 Å². The van der Waals surface area contributed by atoms with Gasteiger partial charge in [-0.25, -0.2) is 8.78 Å². The fraction of sp³-hybridized carbons (Fsp3) is 0.773. The average molecular weight is 417 g/mol. The molecule has 0 aromatic carbocycles. The third-order valence-electron chi connectivity index (χ3n) is 6.03. The molecule has 0 spiro atoms. The Morgan fingerprint density at radius 1 is 1.41 bits per heavy atom. The van der Waals surface area contributed by atoms with Crippen LogP contribution in [0.25, 0.3) is 0 Å². The Morgan fingerprint density at radius 3 is 2.79 bits per heavy atom. The van der Waals surface area contributed by atoms with Crippen LogP contribution in [0.2, 0.25) is 0 Å². The first-order chi connectivity index (χ1) is 13.7. The fourth-order valence-corrected chi connectivity index (χ4v) is 4.16. The van der Waals surface area contributed by atoms with Crippen LogP contribution in [0.5, 0.6) is 0 Å². The van der Waals surface area contributed by atoms with E-state index in [1.807, 2.05) is 6.92 Å². The number of allylic oxidation sites excluding steroid dienone is 1. The van der Waals surface area contributed by atoms with Crippen molar-refractivity contribution in [1.29, 1.82) is 0 Å². The number of carbonyl (C=O) groups is 1. The molecule has 1 aliphatic heterocycles. The van der Waals surface area contributed by atoms with Crippen LogP contribution in [0.1, 0.15) is 52.4 Å². The maximum atomic E-state index is 15.0. The molecule has 5 nitrogen and oxygen atoms in total. The van der Waals surface area contributed by atoms with Gasteiger partial charge in [0.2, 0.25) is 0 Å². The van der Waals surface area contributed by atoms with Gasteiger partial charge in [-0.15, -0.1) is 0 Å². The second-order valence-electron chi connectivity index (χ2n) is 8.30. The van der Waals surface area contributed by atoms with Gasteiger partial charge in [0.1, 0.15) is 24.0 Å². The van der Waals surface area contributed by atoms with Gasteiger partial charge < -0.3 is 19.7 Å². The highest BCUT2D eigenvalue weighted by atomic mass is 19.1. The van der Waals surface area contributed by atoms with Crippen molar-refractivity contribution in [3.05, 3.63) is 24.3 Å². The topological polar surface area (TPSA) is 76.0 Å². The van der Waals surface area contributed by atoms with Crippen LogP contribution in [0.4, 0.5) is 8.78 Å². The molecule has 0 amide bonds. The van der Waals surface area contributed by atoms with Crippen molar-refractivity contribution in [3.63, 3.8) is 0 Å². The van der Waals surface area contributed by atoms with E-state index in [2.05, 4.69) is 4.74 Å². The van der Waals surface area contributed by atoms with Gasteiger partial charge in [-0.1, -0.05) is 44.1 Å². The molecule has 2 aliphatic rings. The molecule has 8 atom stereocenters. The highest BCUT2D eigenvalue weighted by Crippen LogP contribution is 2.46. The summed E-state index contributed by atoms with van der Waals surface area (Å²) in [6, 6.07) is 0. The Balaban J connectivity index is 1.97. The molecule has 1 heterocycles. The molecular weight excluding hydrogens is 382 g/mol. The zero-order valence-electron chi connectivity index (χ0n) is 17.5.